The summed E-state index contributed by atoms with van der Waals surface area (Å²) >= 11 is 0. The number of hydrogen-bond acceptors (Lipinski definition) is 2. The quantitative estimate of drug-likeness (QED) is 0.830. The SMILES string of the molecule is COc1cc(O)cc(-c2ccccc2C)c1. The average Bonchev–Trinajstić information content (AvgIpc) is 2.28. The highest BCUT2D eigenvalue weighted by atomic mass is 16.5. The molecular formula is C14H14O2. The molecule has 1 N–H and O–H groups in total. The van der Waals surface area contributed by atoms with Crippen LogP contribution in [0.1, 0.15) is 5.56 Å². The van der Waals surface area contributed by atoms with Gasteiger partial charge in [-0.15, -0.1) is 0 Å². The van der Waals surface area contributed by atoms with Gasteiger partial charge in [-0.3, -0.25) is 0 Å². The van der Waals surface area contributed by atoms with Crippen LogP contribution in [0.2, 0.25) is 0 Å². The molecule has 0 radical (unpaired) electrons. The summed E-state index contributed by atoms with van der Waals surface area (Å²) < 4.78 is 5.14. The molecule has 0 bridgehead atoms. The number of hydrogen-bond donors (Lipinski definition) is 1. The van der Waals surface area contributed by atoms with E-state index in [2.05, 4.69) is 0 Å². The molecule has 16 heavy (non-hydrogen) atoms. The van der Waals surface area contributed by atoms with Crippen LogP contribution in [0, 0.1) is 6.92 Å². The van der Waals surface area contributed by atoms with Gasteiger partial charge in [0.1, 0.15) is 11.5 Å². The van der Waals surface area contributed by atoms with Gasteiger partial charge in [0.15, 0.2) is 0 Å². The largest absolute Gasteiger partial charge is 0.508 e. The Kier molecular flexibility index (Phi) is 2.82. The van der Waals surface area contributed by atoms with Crippen LogP contribution in [0.3, 0.4) is 0 Å². The molecule has 0 spiro atoms. The van der Waals surface area contributed by atoms with Crippen LogP contribution in [0.25, 0.3) is 11.1 Å². The summed E-state index contributed by atoms with van der Waals surface area (Å²) in [4.78, 5) is 0. The molecule has 2 aromatic carbocycles. The zero-order valence-electron chi connectivity index (χ0n) is 9.40. The van der Waals surface area contributed by atoms with E-state index in [1.54, 1.807) is 19.2 Å². The first kappa shape index (κ1) is 10.6. The highest BCUT2D eigenvalue weighted by Crippen LogP contribution is 2.30. The van der Waals surface area contributed by atoms with Crippen molar-refractivity contribution >= 4 is 0 Å². The molecular weight excluding hydrogens is 200 g/mol. The fourth-order valence-corrected chi connectivity index (χ4v) is 1.75. The van der Waals surface area contributed by atoms with Crippen LogP contribution in [0.4, 0.5) is 0 Å². The van der Waals surface area contributed by atoms with E-state index in [1.165, 1.54) is 5.56 Å². The van der Waals surface area contributed by atoms with Gasteiger partial charge >= 0.3 is 0 Å². The third-order valence-corrected chi connectivity index (χ3v) is 2.58. The van der Waals surface area contributed by atoms with Crippen LogP contribution in [-0.4, -0.2) is 12.2 Å². The van der Waals surface area contributed by atoms with E-state index in [4.69, 9.17) is 4.74 Å². The minimum atomic E-state index is 0.220. The lowest BCUT2D eigenvalue weighted by Gasteiger charge is -2.08. The molecule has 0 amide bonds. The van der Waals surface area contributed by atoms with E-state index in [0.29, 0.717) is 5.75 Å². The van der Waals surface area contributed by atoms with Gasteiger partial charge in [0.25, 0.3) is 0 Å². The lowest BCUT2D eigenvalue weighted by atomic mass is 10.0. The number of phenolic OH excluding ortho intramolecular Hbond substituents is 1. The van der Waals surface area contributed by atoms with E-state index in [1.807, 2.05) is 37.3 Å². The zero-order valence-corrected chi connectivity index (χ0v) is 9.40. The molecule has 0 aromatic heterocycles. The Morgan fingerprint density at radius 3 is 2.50 bits per heavy atom. The van der Waals surface area contributed by atoms with Crippen molar-refractivity contribution in [2.24, 2.45) is 0 Å². The molecule has 0 aliphatic rings. The Labute approximate surface area is 95.1 Å². The molecule has 2 aromatic rings. The van der Waals surface area contributed by atoms with Gasteiger partial charge < -0.3 is 9.84 Å². The fraction of sp³-hybridized carbons (Fsp3) is 0.143. The molecule has 82 valence electrons. The number of aryl methyl sites for hydroxylation is 1. The third-order valence-electron chi connectivity index (χ3n) is 2.58. The predicted molar refractivity (Wildman–Crippen MR) is 64.8 cm³/mol. The standard InChI is InChI=1S/C14H14O2/c1-10-5-3-4-6-14(10)11-7-12(15)9-13(8-11)16-2/h3-9,15H,1-2H3. The summed E-state index contributed by atoms with van der Waals surface area (Å²) in [5, 5.41) is 9.60. The van der Waals surface area contributed by atoms with Gasteiger partial charge in [0, 0.05) is 6.07 Å². The first-order chi connectivity index (χ1) is 7.70. The molecule has 0 atom stereocenters. The fourth-order valence-electron chi connectivity index (χ4n) is 1.75. The lowest BCUT2D eigenvalue weighted by molar-refractivity contribution is 0.408. The second-order valence-electron chi connectivity index (χ2n) is 3.73. The van der Waals surface area contributed by atoms with Crippen LogP contribution in [0.5, 0.6) is 11.5 Å². The van der Waals surface area contributed by atoms with Gasteiger partial charge in [-0.05, 0) is 35.7 Å². The number of rotatable bonds is 2. The number of benzene rings is 2. The Hall–Kier alpha value is -1.96. The second kappa shape index (κ2) is 4.27. The maximum atomic E-state index is 9.60. The van der Waals surface area contributed by atoms with E-state index in [9.17, 15) is 5.11 Å². The molecule has 0 saturated heterocycles. The third kappa shape index (κ3) is 2.01. The number of ether oxygens (including phenoxy) is 1. The van der Waals surface area contributed by atoms with Crippen molar-refractivity contribution in [2.75, 3.05) is 7.11 Å². The molecule has 2 heteroatoms. The minimum absolute atomic E-state index is 0.220. The number of aromatic hydroxyl groups is 1. The molecule has 0 heterocycles. The zero-order chi connectivity index (χ0) is 11.5. The average molecular weight is 214 g/mol. The Morgan fingerprint density at radius 1 is 1.06 bits per heavy atom. The number of methoxy groups -OCH3 is 1. The van der Waals surface area contributed by atoms with Crippen molar-refractivity contribution in [3.8, 4) is 22.6 Å². The molecule has 2 nitrogen and oxygen atoms in total. The van der Waals surface area contributed by atoms with E-state index in [0.717, 1.165) is 11.1 Å². The first-order valence-electron chi connectivity index (χ1n) is 5.15. The van der Waals surface area contributed by atoms with Crippen molar-refractivity contribution in [3.63, 3.8) is 0 Å². The maximum Gasteiger partial charge on any atom is 0.123 e. The lowest BCUT2D eigenvalue weighted by Crippen LogP contribution is -1.86. The summed E-state index contributed by atoms with van der Waals surface area (Å²) in [5.41, 5.74) is 3.25. The van der Waals surface area contributed by atoms with Gasteiger partial charge in [0.05, 0.1) is 7.11 Å². The predicted octanol–water partition coefficient (Wildman–Crippen LogP) is 3.38. The summed E-state index contributed by atoms with van der Waals surface area (Å²) in [7, 11) is 1.59. The van der Waals surface area contributed by atoms with Crippen LogP contribution in [0.15, 0.2) is 42.5 Å². The molecule has 0 saturated carbocycles. The van der Waals surface area contributed by atoms with E-state index >= 15 is 0 Å². The normalized spacial score (nSPS) is 10.1. The first-order valence-corrected chi connectivity index (χ1v) is 5.15. The van der Waals surface area contributed by atoms with Crippen molar-refractivity contribution in [3.05, 3.63) is 48.0 Å². The highest BCUT2D eigenvalue weighted by Gasteiger charge is 2.04. The van der Waals surface area contributed by atoms with Gasteiger partial charge in [-0.2, -0.15) is 0 Å². The molecule has 0 fully saturated rings. The molecule has 0 aliphatic carbocycles. The van der Waals surface area contributed by atoms with Gasteiger partial charge in [0.2, 0.25) is 0 Å². The van der Waals surface area contributed by atoms with E-state index < -0.39 is 0 Å². The van der Waals surface area contributed by atoms with Crippen molar-refractivity contribution < 1.29 is 9.84 Å². The topological polar surface area (TPSA) is 29.5 Å². The van der Waals surface area contributed by atoms with E-state index in [-0.39, 0.29) is 5.75 Å². The summed E-state index contributed by atoms with van der Waals surface area (Å²) in [6.07, 6.45) is 0. The highest BCUT2D eigenvalue weighted by molar-refractivity contribution is 5.70. The summed E-state index contributed by atoms with van der Waals surface area (Å²) in [6, 6.07) is 13.3. The Balaban J connectivity index is 2.56. The Bertz CT molecular complexity index is 504. The minimum Gasteiger partial charge on any atom is -0.508 e. The monoisotopic (exact) mass is 214 g/mol. The van der Waals surface area contributed by atoms with Gasteiger partial charge in [-0.1, -0.05) is 24.3 Å². The summed E-state index contributed by atoms with van der Waals surface area (Å²) in [5.74, 6) is 0.885. The smallest absolute Gasteiger partial charge is 0.123 e. The van der Waals surface area contributed by atoms with Crippen LogP contribution < -0.4 is 4.74 Å². The van der Waals surface area contributed by atoms with Crippen LogP contribution >= 0.6 is 0 Å². The molecule has 0 unspecified atom stereocenters. The Morgan fingerprint density at radius 2 is 1.81 bits per heavy atom. The van der Waals surface area contributed by atoms with Crippen molar-refractivity contribution in [1.29, 1.82) is 0 Å². The van der Waals surface area contributed by atoms with Gasteiger partial charge in [-0.25, -0.2) is 0 Å². The second-order valence-corrected chi connectivity index (χ2v) is 3.73. The van der Waals surface area contributed by atoms with Crippen LogP contribution in [-0.2, 0) is 0 Å². The van der Waals surface area contributed by atoms with Crippen molar-refractivity contribution in [2.45, 2.75) is 6.92 Å². The van der Waals surface area contributed by atoms with Crippen molar-refractivity contribution in [1.82, 2.24) is 0 Å². The number of phenols is 1. The maximum absolute atomic E-state index is 9.60. The molecule has 2 rings (SSSR count). The summed E-state index contributed by atoms with van der Waals surface area (Å²) in [6.45, 7) is 2.05. The molecule has 0 aliphatic heterocycles.